The average molecular weight is 623 g/mol. The molecule has 45 heavy (non-hydrogen) atoms. The largest absolute Gasteiger partial charge is 0.368 e. The first kappa shape index (κ1) is 32.3. The molecule has 1 unspecified atom stereocenters. The van der Waals surface area contributed by atoms with E-state index in [0.717, 1.165) is 0 Å². The van der Waals surface area contributed by atoms with E-state index in [4.69, 9.17) is 57.3 Å². The Kier molecular flexibility index (Phi) is 9.57. The number of nitrogen functional groups attached to an aromatic ring is 8. The number of aryl methyl sites for hydroxylation is 4. The van der Waals surface area contributed by atoms with Crippen molar-refractivity contribution in [2.45, 2.75) is 68.9 Å². The lowest BCUT2D eigenvalue weighted by atomic mass is 9.67. The second-order valence-corrected chi connectivity index (χ2v) is 10.5. The fourth-order valence-electron chi connectivity index (χ4n) is 5.09. The molecule has 0 saturated carbocycles. The second-order valence-electron chi connectivity index (χ2n) is 10.5. The van der Waals surface area contributed by atoms with Gasteiger partial charge in [-0.2, -0.15) is 59.8 Å². The third-order valence-electron chi connectivity index (χ3n) is 7.26. The molecule has 240 valence electrons. The topological polar surface area (TPSA) is 415 Å². The van der Waals surface area contributed by atoms with Crippen LogP contribution in [0.4, 0.5) is 47.6 Å². The molecule has 0 amide bonds. The highest BCUT2D eigenvalue weighted by Crippen LogP contribution is 2.35. The third-order valence-corrected chi connectivity index (χ3v) is 7.26. The summed E-state index contributed by atoms with van der Waals surface area (Å²) < 4.78 is 0. The van der Waals surface area contributed by atoms with Crippen molar-refractivity contribution in [3.63, 3.8) is 0 Å². The van der Waals surface area contributed by atoms with Gasteiger partial charge in [0.15, 0.2) is 0 Å². The lowest BCUT2D eigenvalue weighted by Crippen LogP contribution is -2.66. The summed E-state index contributed by atoms with van der Waals surface area (Å²) >= 11 is 0. The van der Waals surface area contributed by atoms with Crippen molar-refractivity contribution in [1.29, 1.82) is 0 Å². The van der Waals surface area contributed by atoms with Crippen molar-refractivity contribution in [2.75, 3.05) is 45.9 Å². The van der Waals surface area contributed by atoms with E-state index >= 15 is 0 Å². The van der Waals surface area contributed by atoms with Gasteiger partial charge in [-0.15, -0.1) is 0 Å². The van der Waals surface area contributed by atoms with Crippen molar-refractivity contribution in [1.82, 2.24) is 59.8 Å². The molecule has 0 spiro atoms. The summed E-state index contributed by atoms with van der Waals surface area (Å²) in [5, 5.41) is 0. The van der Waals surface area contributed by atoms with Gasteiger partial charge in [0, 0.05) is 36.8 Å². The van der Waals surface area contributed by atoms with Crippen LogP contribution in [0.2, 0.25) is 0 Å². The lowest BCUT2D eigenvalue weighted by Gasteiger charge is -2.47. The molecule has 22 heteroatoms. The molecule has 4 aromatic heterocycles. The van der Waals surface area contributed by atoms with E-state index < -0.39 is 11.1 Å². The number of hydrogen-bond donors (Lipinski definition) is 10. The highest BCUT2D eigenvalue weighted by Gasteiger charge is 2.45. The molecular formula is C23H38N22. The normalized spacial score (nSPS) is 13.0. The van der Waals surface area contributed by atoms with Gasteiger partial charge < -0.3 is 57.3 Å². The summed E-state index contributed by atoms with van der Waals surface area (Å²) in [7, 11) is 0. The van der Waals surface area contributed by atoms with Gasteiger partial charge in [-0.1, -0.05) is 0 Å². The van der Waals surface area contributed by atoms with Gasteiger partial charge in [0.2, 0.25) is 47.6 Å². The second kappa shape index (κ2) is 13.3. The van der Waals surface area contributed by atoms with Crippen molar-refractivity contribution in [3.8, 4) is 0 Å². The van der Waals surface area contributed by atoms with Crippen LogP contribution in [0.3, 0.4) is 0 Å². The predicted molar refractivity (Wildman–Crippen MR) is 166 cm³/mol. The molecule has 1 atom stereocenters. The van der Waals surface area contributed by atoms with E-state index in [1.807, 2.05) is 0 Å². The van der Waals surface area contributed by atoms with E-state index in [2.05, 4.69) is 59.8 Å². The maximum atomic E-state index is 7.31. The molecule has 0 bridgehead atoms. The van der Waals surface area contributed by atoms with Crippen LogP contribution in [0.1, 0.15) is 55.4 Å². The molecule has 0 aliphatic carbocycles. The Balaban J connectivity index is 1.67. The van der Waals surface area contributed by atoms with Crippen LogP contribution < -0.4 is 57.3 Å². The summed E-state index contributed by atoms with van der Waals surface area (Å²) in [5.74, 6) is 1.39. The first-order valence-electron chi connectivity index (χ1n) is 13.8. The standard InChI is InChI=1S/C23H38N22/c24-14-34-10(35-15(25)42-14)2-1-6-22(32,7-3-11-36-16(26)43-17(27)37-11)23(33,8-4-12-38-18(28)44-19(29)39-12)9-5-13-40-20(30)45-21(31)41-13/h1-9,32-33H2,(H4,24,25,34,35,42)(H4,26,27,36,37,43)(H4,28,29,38,39,44)(H4,30,31,40,41,45). The Bertz CT molecular complexity index is 1490. The van der Waals surface area contributed by atoms with Crippen molar-refractivity contribution in [3.05, 3.63) is 23.3 Å². The summed E-state index contributed by atoms with van der Waals surface area (Å²) in [6.45, 7) is 0. The zero-order valence-electron chi connectivity index (χ0n) is 24.5. The van der Waals surface area contributed by atoms with E-state index in [-0.39, 0.29) is 79.7 Å². The van der Waals surface area contributed by atoms with E-state index in [9.17, 15) is 0 Å². The lowest BCUT2D eigenvalue weighted by molar-refractivity contribution is 0.160. The van der Waals surface area contributed by atoms with E-state index in [1.165, 1.54) is 0 Å². The maximum absolute atomic E-state index is 7.31. The Morgan fingerprint density at radius 1 is 0.311 bits per heavy atom. The summed E-state index contributed by atoms with van der Waals surface area (Å²) in [6.07, 6.45) is 2.95. The molecular weight excluding hydrogens is 584 g/mol. The van der Waals surface area contributed by atoms with Crippen LogP contribution in [0.25, 0.3) is 0 Å². The van der Waals surface area contributed by atoms with Crippen LogP contribution in [-0.2, 0) is 25.7 Å². The van der Waals surface area contributed by atoms with Crippen LogP contribution in [0, 0.1) is 0 Å². The summed E-state index contributed by atoms with van der Waals surface area (Å²) in [4.78, 5) is 48.9. The SMILES string of the molecule is Nc1nc(N)nc(CCCC(N)(CCc2nc(N)nc(N)n2)C(N)(CCc2nc(N)nc(N)n2)CCc2nc(N)nc(N)n2)n1. The molecule has 0 aliphatic heterocycles. The number of nitrogens with two attached hydrogens (primary N) is 10. The molecule has 0 aromatic carbocycles. The molecule has 4 rings (SSSR count). The van der Waals surface area contributed by atoms with Crippen LogP contribution >= 0.6 is 0 Å². The van der Waals surface area contributed by atoms with E-state index in [1.54, 1.807) is 0 Å². The third kappa shape index (κ3) is 8.70. The quantitative estimate of drug-likeness (QED) is 0.0657. The van der Waals surface area contributed by atoms with Gasteiger partial charge in [0.25, 0.3) is 0 Å². The minimum absolute atomic E-state index is 0.0147. The number of nitrogens with zero attached hydrogens (tertiary/aromatic N) is 12. The Morgan fingerprint density at radius 3 is 0.800 bits per heavy atom. The average Bonchev–Trinajstić information content (AvgIpc) is 2.92. The zero-order valence-corrected chi connectivity index (χ0v) is 24.5. The number of aromatic nitrogens is 12. The minimum atomic E-state index is -1.12. The fourth-order valence-corrected chi connectivity index (χ4v) is 5.09. The smallest absolute Gasteiger partial charge is 0.225 e. The van der Waals surface area contributed by atoms with Crippen LogP contribution in [0.15, 0.2) is 0 Å². The van der Waals surface area contributed by atoms with Gasteiger partial charge in [-0.3, -0.25) is 0 Å². The Morgan fingerprint density at radius 2 is 0.533 bits per heavy atom. The molecule has 20 N–H and O–H groups in total. The molecule has 0 radical (unpaired) electrons. The first-order valence-corrected chi connectivity index (χ1v) is 13.8. The molecule has 0 fully saturated rings. The predicted octanol–water partition coefficient (Wildman–Crippen LogP) is -3.30. The molecule has 4 heterocycles. The highest BCUT2D eigenvalue weighted by atomic mass is 15.2. The molecule has 0 aliphatic rings. The van der Waals surface area contributed by atoms with Gasteiger partial charge in [0.05, 0.1) is 0 Å². The Hall–Kier alpha value is -5.64. The van der Waals surface area contributed by atoms with E-state index in [0.29, 0.717) is 49.0 Å². The summed E-state index contributed by atoms with van der Waals surface area (Å²) in [5.41, 5.74) is 58.8. The zero-order chi connectivity index (χ0) is 32.8. The molecule has 4 aromatic rings. The highest BCUT2D eigenvalue weighted by molar-refractivity contribution is 5.29. The van der Waals surface area contributed by atoms with Gasteiger partial charge in [-0.25, -0.2) is 0 Å². The molecule has 22 nitrogen and oxygen atoms in total. The number of rotatable bonds is 14. The van der Waals surface area contributed by atoms with Crippen molar-refractivity contribution < 1.29 is 0 Å². The molecule has 0 saturated heterocycles. The number of hydrogen-bond acceptors (Lipinski definition) is 22. The fraction of sp³-hybridized carbons (Fsp3) is 0.478. The van der Waals surface area contributed by atoms with Gasteiger partial charge in [-0.05, 0) is 32.1 Å². The maximum Gasteiger partial charge on any atom is 0.225 e. The van der Waals surface area contributed by atoms with Gasteiger partial charge in [0.1, 0.15) is 23.3 Å². The van der Waals surface area contributed by atoms with Gasteiger partial charge >= 0.3 is 0 Å². The number of anilines is 8. The van der Waals surface area contributed by atoms with Crippen molar-refractivity contribution >= 4 is 47.6 Å². The monoisotopic (exact) mass is 622 g/mol. The van der Waals surface area contributed by atoms with Crippen LogP contribution in [-0.4, -0.2) is 70.9 Å². The first-order chi connectivity index (χ1) is 21.2. The minimum Gasteiger partial charge on any atom is -0.368 e. The van der Waals surface area contributed by atoms with Crippen LogP contribution in [0.5, 0.6) is 0 Å². The van der Waals surface area contributed by atoms with Crippen molar-refractivity contribution in [2.24, 2.45) is 11.5 Å². The Labute approximate surface area is 257 Å². The summed E-state index contributed by atoms with van der Waals surface area (Å²) in [6, 6.07) is 0.